The second kappa shape index (κ2) is 15.7. The highest BCUT2D eigenvalue weighted by Gasteiger charge is 2.32. The van der Waals surface area contributed by atoms with Crippen LogP contribution in [0.1, 0.15) is 76.7 Å². The van der Waals surface area contributed by atoms with Crippen LogP contribution in [0.4, 0.5) is 4.79 Å². The Kier molecular flexibility index (Phi) is 11.8. The van der Waals surface area contributed by atoms with Crippen LogP contribution >= 0.6 is 0 Å². The molecule has 2 aliphatic rings. The van der Waals surface area contributed by atoms with Crippen LogP contribution in [0, 0.1) is 0 Å². The second-order valence-corrected chi connectivity index (χ2v) is 12.1. The molecule has 1 saturated heterocycles. The number of hydrogen-bond donors (Lipinski definition) is 1. The summed E-state index contributed by atoms with van der Waals surface area (Å²) in [5.41, 5.74) is 0.814. The van der Waals surface area contributed by atoms with Crippen LogP contribution in [-0.4, -0.2) is 89.4 Å². The molecule has 2 fully saturated rings. The van der Waals surface area contributed by atoms with Gasteiger partial charge in [-0.15, -0.1) is 5.06 Å². The average molecular weight is 625 g/mol. The van der Waals surface area contributed by atoms with Gasteiger partial charge >= 0.3 is 12.1 Å². The van der Waals surface area contributed by atoms with Gasteiger partial charge in [0.15, 0.2) is 0 Å². The topological polar surface area (TPSA) is 137 Å². The van der Waals surface area contributed by atoms with Crippen molar-refractivity contribution in [2.45, 2.75) is 84.0 Å². The van der Waals surface area contributed by atoms with Crippen molar-refractivity contribution < 1.29 is 38.2 Å². The van der Waals surface area contributed by atoms with Crippen LogP contribution in [0.3, 0.4) is 0 Å². The number of benzene rings is 1. The van der Waals surface area contributed by atoms with Crippen molar-refractivity contribution in [3.05, 3.63) is 48.2 Å². The van der Waals surface area contributed by atoms with Gasteiger partial charge in [0, 0.05) is 37.2 Å². The van der Waals surface area contributed by atoms with E-state index in [1.54, 1.807) is 38.7 Å². The van der Waals surface area contributed by atoms with Gasteiger partial charge in [-0.25, -0.2) is 9.78 Å². The molecule has 1 aliphatic heterocycles. The largest absolute Gasteiger partial charge is 0.527 e. The maximum absolute atomic E-state index is 13.7. The third-order valence-electron chi connectivity index (χ3n) is 7.38. The summed E-state index contributed by atoms with van der Waals surface area (Å²) in [6, 6.07) is 11.9. The zero-order valence-electron chi connectivity index (χ0n) is 26.6. The van der Waals surface area contributed by atoms with Crippen LogP contribution in [0.25, 0.3) is 11.3 Å². The number of ether oxygens (including phenoxy) is 3. The minimum absolute atomic E-state index is 0.0306. The highest BCUT2D eigenvalue weighted by molar-refractivity contribution is 5.97. The molecule has 0 radical (unpaired) electrons. The van der Waals surface area contributed by atoms with E-state index in [1.807, 2.05) is 36.4 Å². The molecular formula is C33H44N4O8. The number of pyridine rings is 1. The zero-order chi connectivity index (χ0) is 32.4. The number of hydroxylamine groups is 2. The van der Waals surface area contributed by atoms with E-state index in [4.69, 9.17) is 19.0 Å². The third-order valence-corrected chi connectivity index (χ3v) is 7.38. The number of nitrogens with zero attached hydrogens (tertiary/aromatic N) is 3. The summed E-state index contributed by atoms with van der Waals surface area (Å²) in [7, 11) is 0. The van der Waals surface area contributed by atoms with Gasteiger partial charge in [-0.3, -0.25) is 14.4 Å². The van der Waals surface area contributed by atoms with Gasteiger partial charge in [0.25, 0.3) is 5.91 Å². The van der Waals surface area contributed by atoms with E-state index in [-0.39, 0.29) is 63.3 Å². The Morgan fingerprint density at radius 2 is 1.69 bits per heavy atom. The lowest BCUT2D eigenvalue weighted by Crippen LogP contribution is -2.55. The number of carbonyl (C=O) groups excluding carboxylic acids is 4. The number of carbonyl (C=O) groups is 4. The molecule has 1 aliphatic carbocycles. The molecule has 2 aromatic rings. The van der Waals surface area contributed by atoms with Gasteiger partial charge in [0.05, 0.1) is 31.5 Å². The molecule has 1 N–H and O–H groups in total. The predicted octanol–water partition coefficient (Wildman–Crippen LogP) is 4.52. The second-order valence-electron chi connectivity index (χ2n) is 12.1. The Morgan fingerprint density at radius 3 is 2.33 bits per heavy atom. The first-order chi connectivity index (χ1) is 21.5. The molecule has 0 spiro atoms. The van der Waals surface area contributed by atoms with E-state index in [0.717, 1.165) is 31.2 Å². The first kappa shape index (κ1) is 33.7. The van der Waals surface area contributed by atoms with Crippen molar-refractivity contribution in [3.63, 3.8) is 0 Å². The van der Waals surface area contributed by atoms with Crippen molar-refractivity contribution in [1.82, 2.24) is 20.3 Å². The Labute approximate surface area is 264 Å². The maximum atomic E-state index is 13.7. The molecular weight excluding hydrogens is 580 g/mol. The summed E-state index contributed by atoms with van der Waals surface area (Å²) in [4.78, 5) is 63.1. The Balaban J connectivity index is 1.52. The highest BCUT2D eigenvalue weighted by Crippen LogP contribution is 2.28. The van der Waals surface area contributed by atoms with Crippen LogP contribution in [0.15, 0.2) is 42.5 Å². The van der Waals surface area contributed by atoms with E-state index < -0.39 is 29.7 Å². The molecule has 2 amide bonds. The molecule has 2 heterocycles. The standard InChI is InChI=1S/C33H44N4O8/c1-5-42-32(41)45-37-19-17-36(18-20-37)31(40)26(15-16-29(38)44-33(2,3)4)35-30(39)28-22-25(43-24-13-9-10-14-24)21-27(34-28)23-11-7-6-8-12-23/h6-8,11-12,21-22,24,26H,5,9-10,13-20H2,1-4H3,(H,35,39)/t26-/m0/s1. The summed E-state index contributed by atoms with van der Waals surface area (Å²) in [6.45, 7) is 8.20. The summed E-state index contributed by atoms with van der Waals surface area (Å²) in [5, 5.41) is 4.26. The minimum Gasteiger partial charge on any atom is -0.490 e. The van der Waals surface area contributed by atoms with Crippen LogP contribution < -0.4 is 10.1 Å². The zero-order valence-corrected chi connectivity index (χ0v) is 26.6. The molecule has 1 saturated carbocycles. The molecule has 1 atom stereocenters. The first-order valence-electron chi connectivity index (χ1n) is 15.7. The van der Waals surface area contributed by atoms with E-state index in [1.165, 1.54) is 5.06 Å². The van der Waals surface area contributed by atoms with Gasteiger partial charge in [-0.05, 0) is 59.8 Å². The van der Waals surface area contributed by atoms with Crippen LogP contribution in [0.2, 0.25) is 0 Å². The lowest BCUT2D eigenvalue weighted by atomic mass is 10.1. The lowest BCUT2D eigenvalue weighted by molar-refractivity contribution is -0.158. The Morgan fingerprint density at radius 1 is 1.00 bits per heavy atom. The molecule has 244 valence electrons. The minimum atomic E-state index is -1.02. The SMILES string of the molecule is CCOC(=O)ON1CCN(C(=O)[C@H](CCC(=O)OC(C)(C)C)NC(=O)c2cc(OC3CCCC3)cc(-c3ccccc3)n2)CC1. The lowest BCUT2D eigenvalue weighted by Gasteiger charge is -2.35. The number of hydrogen-bond acceptors (Lipinski definition) is 10. The van der Waals surface area contributed by atoms with Crippen molar-refractivity contribution in [2.75, 3.05) is 32.8 Å². The molecule has 45 heavy (non-hydrogen) atoms. The number of aromatic nitrogens is 1. The highest BCUT2D eigenvalue weighted by atomic mass is 16.8. The van der Waals surface area contributed by atoms with Gasteiger partial charge in [-0.2, -0.15) is 0 Å². The number of nitrogens with one attached hydrogen (secondary N) is 1. The Hall–Kier alpha value is -4.19. The fourth-order valence-corrected chi connectivity index (χ4v) is 5.26. The normalized spacial score (nSPS) is 16.5. The van der Waals surface area contributed by atoms with Crippen molar-refractivity contribution in [3.8, 4) is 17.0 Å². The van der Waals surface area contributed by atoms with E-state index in [2.05, 4.69) is 10.3 Å². The van der Waals surface area contributed by atoms with Crippen molar-refractivity contribution >= 4 is 23.9 Å². The summed E-state index contributed by atoms with van der Waals surface area (Å²) < 4.78 is 16.5. The molecule has 0 unspecified atom stereocenters. The smallest absolute Gasteiger partial charge is 0.490 e. The summed E-state index contributed by atoms with van der Waals surface area (Å²) >= 11 is 0. The number of rotatable bonds is 11. The van der Waals surface area contributed by atoms with Gasteiger partial charge in [-0.1, -0.05) is 30.3 Å². The summed E-state index contributed by atoms with van der Waals surface area (Å²) in [5.74, 6) is -0.853. The molecule has 1 aromatic carbocycles. The fraction of sp³-hybridized carbons (Fsp3) is 0.545. The molecule has 12 heteroatoms. The monoisotopic (exact) mass is 624 g/mol. The average Bonchev–Trinajstić information content (AvgIpc) is 3.52. The maximum Gasteiger partial charge on any atom is 0.527 e. The van der Waals surface area contributed by atoms with Crippen LogP contribution in [-0.2, 0) is 23.9 Å². The van der Waals surface area contributed by atoms with E-state index in [0.29, 0.717) is 11.4 Å². The molecule has 4 rings (SSSR count). The molecule has 1 aromatic heterocycles. The van der Waals surface area contributed by atoms with Gasteiger partial charge in [0.2, 0.25) is 5.91 Å². The number of piperazine rings is 1. The molecule has 12 nitrogen and oxygen atoms in total. The predicted molar refractivity (Wildman–Crippen MR) is 165 cm³/mol. The Bertz CT molecular complexity index is 1320. The molecule has 0 bridgehead atoms. The van der Waals surface area contributed by atoms with Crippen molar-refractivity contribution in [1.29, 1.82) is 0 Å². The van der Waals surface area contributed by atoms with Crippen LogP contribution in [0.5, 0.6) is 5.75 Å². The van der Waals surface area contributed by atoms with E-state index in [9.17, 15) is 19.2 Å². The van der Waals surface area contributed by atoms with E-state index >= 15 is 0 Å². The third kappa shape index (κ3) is 10.4. The number of esters is 1. The van der Waals surface area contributed by atoms with Gasteiger partial charge < -0.3 is 29.3 Å². The number of amides is 2. The fourth-order valence-electron chi connectivity index (χ4n) is 5.26. The van der Waals surface area contributed by atoms with Crippen molar-refractivity contribution in [2.24, 2.45) is 0 Å². The summed E-state index contributed by atoms with van der Waals surface area (Å²) in [6.07, 6.45) is 3.31. The first-order valence-corrected chi connectivity index (χ1v) is 15.7. The van der Waals surface area contributed by atoms with Gasteiger partial charge in [0.1, 0.15) is 23.1 Å². The quantitative estimate of drug-likeness (QED) is 0.355.